The Morgan fingerprint density at radius 3 is 2.21 bits per heavy atom. The maximum atomic E-state index is 11.9. The molecule has 28 heavy (non-hydrogen) atoms. The second-order valence-corrected chi connectivity index (χ2v) is 7.78. The van der Waals surface area contributed by atoms with Gasteiger partial charge >= 0.3 is 19.8 Å². The number of hydrogen-bond acceptors (Lipinski definition) is 9. The van der Waals surface area contributed by atoms with Gasteiger partial charge in [-0.1, -0.05) is 39.0 Å². The number of rotatable bonds is 17. The third-order valence-corrected chi connectivity index (χ3v) is 4.52. The number of carbonyl (C=O) groups excluding carboxylic acids is 2. The van der Waals surface area contributed by atoms with Gasteiger partial charge in [0.15, 0.2) is 6.10 Å². The van der Waals surface area contributed by atoms with E-state index in [2.05, 4.69) is 11.4 Å². The Morgan fingerprint density at radius 2 is 1.61 bits per heavy atom. The van der Waals surface area contributed by atoms with Gasteiger partial charge in [0.05, 0.1) is 19.8 Å². The molecule has 0 aromatic heterocycles. The molecule has 3 atom stereocenters. The topological polar surface area (TPSA) is 149 Å². The highest BCUT2D eigenvalue weighted by molar-refractivity contribution is 7.47. The van der Waals surface area contributed by atoms with Crippen molar-refractivity contribution in [2.75, 3.05) is 26.4 Å². The first-order chi connectivity index (χ1) is 13.2. The van der Waals surface area contributed by atoms with Gasteiger partial charge in [-0.25, -0.2) is 4.57 Å². The first-order valence-electron chi connectivity index (χ1n) is 9.43. The third-order valence-electron chi connectivity index (χ3n) is 3.57. The molecule has 0 rings (SSSR count). The monoisotopic (exact) mass is 428 g/mol. The maximum Gasteiger partial charge on any atom is 0.472 e. The van der Waals surface area contributed by atoms with Gasteiger partial charge in [-0.15, -0.1) is 0 Å². The minimum Gasteiger partial charge on any atom is -0.462 e. The number of ether oxygens (including phenoxy) is 2. The zero-order valence-electron chi connectivity index (χ0n) is 16.6. The number of hydrogen-bond donors (Lipinski definition) is 3. The van der Waals surface area contributed by atoms with E-state index in [4.69, 9.17) is 24.2 Å². The summed E-state index contributed by atoms with van der Waals surface area (Å²) in [6.07, 6.45) is 3.76. The molecule has 0 fully saturated rings. The van der Waals surface area contributed by atoms with Crippen LogP contribution in [-0.4, -0.2) is 65.7 Å². The molecule has 3 unspecified atom stereocenters. The summed E-state index contributed by atoms with van der Waals surface area (Å²) in [5.74, 6) is -1.13. The minimum absolute atomic E-state index is 0.179. The summed E-state index contributed by atoms with van der Waals surface area (Å²) in [6.45, 7) is 1.15. The van der Waals surface area contributed by atoms with Crippen LogP contribution in [0.2, 0.25) is 0 Å². The molecular weight excluding hydrogens is 395 g/mol. The van der Waals surface area contributed by atoms with Crippen molar-refractivity contribution < 1.29 is 47.8 Å². The predicted molar refractivity (Wildman–Crippen MR) is 99.3 cm³/mol. The fourth-order valence-electron chi connectivity index (χ4n) is 2.07. The van der Waals surface area contributed by atoms with Gasteiger partial charge in [0.2, 0.25) is 0 Å². The van der Waals surface area contributed by atoms with Crippen LogP contribution >= 0.6 is 7.82 Å². The van der Waals surface area contributed by atoms with Crippen molar-refractivity contribution in [1.82, 2.24) is 0 Å². The summed E-state index contributed by atoms with van der Waals surface area (Å²) in [5, 5.41) is 17.8. The molecule has 0 aliphatic heterocycles. The van der Waals surface area contributed by atoms with Crippen molar-refractivity contribution in [3.8, 4) is 0 Å². The number of phosphoric acid groups is 1. The number of esters is 2. The Morgan fingerprint density at radius 1 is 1.00 bits per heavy atom. The van der Waals surface area contributed by atoms with E-state index in [1.54, 1.807) is 0 Å². The van der Waals surface area contributed by atoms with Crippen molar-refractivity contribution in [2.24, 2.45) is 0 Å². The van der Waals surface area contributed by atoms with E-state index in [0.29, 0.717) is 6.42 Å². The summed E-state index contributed by atoms with van der Waals surface area (Å²) >= 11 is 0. The second kappa shape index (κ2) is 15.8. The summed E-state index contributed by atoms with van der Waals surface area (Å²) in [4.78, 5) is 32.4. The molecule has 0 aromatic carbocycles. The molecule has 0 spiro atoms. The van der Waals surface area contributed by atoms with E-state index in [0.717, 1.165) is 32.1 Å². The molecule has 0 saturated heterocycles. The fourth-order valence-corrected chi connectivity index (χ4v) is 2.86. The Labute approximate surface area is 165 Å². The van der Waals surface area contributed by atoms with Gasteiger partial charge in [-0.2, -0.15) is 0 Å². The first kappa shape index (κ1) is 27.0. The summed E-state index contributed by atoms with van der Waals surface area (Å²) < 4.78 is 30.9. The van der Waals surface area contributed by atoms with Crippen LogP contribution < -0.4 is 0 Å². The molecule has 0 heterocycles. The Hall–Kier alpha value is -1.03. The highest BCUT2D eigenvalue weighted by atomic mass is 31.2. The van der Waals surface area contributed by atoms with Gasteiger partial charge < -0.3 is 24.6 Å². The molecule has 0 aliphatic carbocycles. The smallest absolute Gasteiger partial charge is 0.462 e. The highest BCUT2D eigenvalue weighted by Crippen LogP contribution is 2.43. The summed E-state index contributed by atoms with van der Waals surface area (Å²) in [5.41, 5.74) is 0. The second-order valence-electron chi connectivity index (χ2n) is 6.33. The van der Waals surface area contributed by atoms with Crippen LogP contribution in [0.5, 0.6) is 0 Å². The van der Waals surface area contributed by atoms with E-state index in [-0.39, 0.29) is 13.0 Å². The molecule has 0 bridgehead atoms. The van der Waals surface area contributed by atoms with Crippen LogP contribution in [0.3, 0.4) is 0 Å². The predicted octanol–water partition coefficient (Wildman–Crippen LogP) is 1.70. The van der Waals surface area contributed by atoms with Crippen LogP contribution in [0.25, 0.3) is 0 Å². The Bertz CT molecular complexity index is 485. The van der Waals surface area contributed by atoms with Crippen molar-refractivity contribution in [3.63, 3.8) is 0 Å². The number of phosphoric ester groups is 1. The zero-order chi connectivity index (χ0) is 21.4. The fraction of sp³-hybridized carbons (Fsp3) is 0.882. The zero-order valence-corrected chi connectivity index (χ0v) is 17.5. The molecule has 0 aliphatic rings. The lowest BCUT2D eigenvalue weighted by Gasteiger charge is -2.20. The van der Waals surface area contributed by atoms with Crippen LogP contribution in [0.15, 0.2) is 0 Å². The normalized spacial score (nSPS) is 15.5. The number of unbranched alkanes of at least 4 members (excludes halogenated alkanes) is 5. The molecule has 0 amide bonds. The molecular formula is C17H33O10P. The maximum absolute atomic E-state index is 11.9. The summed E-state index contributed by atoms with van der Waals surface area (Å²) in [6, 6.07) is 0. The van der Waals surface area contributed by atoms with Crippen LogP contribution in [-0.2, 0) is 32.7 Å². The van der Waals surface area contributed by atoms with Crippen molar-refractivity contribution in [3.05, 3.63) is 0 Å². The number of aliphatic hydroxyl groups excluding tert-OH is 2. The van der Waals surface area contributed by atoms with Gasteiger partial charge in [0, 0.05) is 13.3 Å². The van der Waals surface area contributed by atoms with Crippen LogP contribution in [0, 0.1) is 0 Å². The highest BCUT2D eigenvalue weighted by Gasteiger charge is 2.26. The first-order valence-corrected chi connectivity index (χ1v) is 10.9. The van der Waals surface area contributed by atoms with Gasteiger partial charge in [0.1, 0.15) is 12.7 Å². The van der Waals surface area contributed by atoms with E-state index >= 15 is 0 Å². The molecule has 3 N–H and O–H groups in total. The van der Waals surface area contributed by atoms with Crippen molar-refractivity contribution >= 4 is 19.8 Å². The SMILES string of the molecule is CCCCCCCCC(=O)OC(COC(C)=O)COP(=O)(O)OCC(O)CO. The molecule has 0 radical (unpaired) electrons. The average Bonchev–Trinajstić information content (AvgIpc) is 2.64. The van der Waals surface area contributed by atoms with Gasteiger partial charge in [-0.05, 0) is 6.42 Å². The summed E-state index contributed by atoms with van der Waals surface area (Å²) in [7, 11) is -4.54. The lowest BCUT2D eigenvalue weighted by Crippen LogP contribution is -2.29. The van der Waals surface area contributed by atoms with E-state index < -0.39 is 51.8 Å². The molecule has 0 aromatic rings. The molecule has 166 valence electrons. The lowest BCUT2D eigenvalue weighted by molar-refractivity contribution is -0.160. The largest absolute Gasteiger partial charge is 0.472 e. The van der Waals surface area contributed by atoms with Crippen molar-refractivity contribution in [1.29, 1.82) is 0 Å². The Balaban J connectivity index is 4.38. The molecule has 10 nitrogen and oxygen atoms in total. The van der Waals surface area contributed by atoms with Crippen molar-refractivity contribution in [2.45, 2.75) is 71.0 Å². The third kappa shape index (κ3) is 16.0. The quantitative estimate of drug-likeness (QED) is 0.177. The van der Waals surface area contributed by atoms with E-state index in [1.807, 2.05) is 0 Å². The average molecular weight is 428 g/mol. The van der Waals surface area contributed by atoms with Gasteiger partial charge in [-0.3, -0.25) is 18.6 Å². The van der Waals surface area contributed by atoms with E-state index in [9.17, 15) is 19.0 Å². The number of carbonyl (C=O) groups is 2. The van der Waals surface area contributed by atoms with E-state index in [1.165, 1.54) is 6.92 Å². The standard InChI is InChI=1S/C17H33O10P/c1-3-4-5-6-7-8-9-17(21)27-16(12-24-14(2)19)13-26-28(22,23)25-11-15(20)10-18/h15-16,18,20H,3-13H2,1-2H3,(H,22,23). The van der Waals surface area contributed by atoms with Gasteiger partial charge in [0.25, 0.3) is 0 Å². The Kier molecular flexibility index (Phi) is 15.3. The number of aliphatic hydroxyl groups is 2. The van der Waals surface area contributed by atoms with Crippen LogP contribution in [0.4, 0.5) is 0 Å². The molecule has 0 saturated carbocycles. The minimum atomic E-state index is -4.54. The lowest BCUT2D eigenvalue weighted by atomic mass is 10.1. The van der Waals surface area contributed by atoms with Crippen LogP contribution in [0.1, 0.15) is 58.8 Å². The molecule has 11 heteroatoms.